The maximum absolute atomic E-state index is 12.1. The van der Waals surface area contributed by atoms with Crippen LogP contribution in [0.15, 0.2) is 42.5 Å². The van der Waals surface area contributed by atoms with Crippen molar-refractivity contribution in [1.82, 2.24) is 0 Å². The SMILES string of the molecule is COc1ccc(C(=O)COc2c(OC)cccc2C(=O)O)cc1. The first-order valence-electron chi connectivity index (χ1n) is 6.77. The van der Waals surface area contributed by atoms with Crippen LogP contribution < -0.4 is 14.2 Å². The molecule has 0 heterocycles. The number of ketones is 1. The third kappa shape index (κ3) is 3.79. The highest BCUT2D eigenvalue weighted by Crippen LogP contribution is 2.31. The van der Waals surface area contributed by atoms with Crippen molar-refractivity contribution in [2.24, 2.45) is 0 Å². The Morgan fingerprint density at radius 3 is 2.26 bits per heavy atom. The summed E-state index contributed by atoms with van der Waals surface area (Å²) in [6.07, 6.45) is 0. The van der Waals surface area contributed by atoms with Crippen molar-refractivity contribution < 1.29 is 28.9 Å². The minimum Gasteiger partial charge on any atom is -0.497 e. The number of Topliss-reactive ketones (excluding diaryl/α,β-unsaturated/α-hetero) is 1. The van der Waals surface area contributed by atoms with Gasteiger partial charge in [0.2, 0.25) is 0 Å². The maximum Gasteiger partial charge on any atom is 0.339 e. The zero-order valence-electron chi connectivity index (χ0n) is 12.7. The summed E-state index contributed by atoms with van der Waals surface area (Å²) in [6.45, 7) is -0.299. The van der Waals surface area contributed by atoms with E-state index in [1.807, 2.05) is 0 Å². The van der Waals surface area contributed by atoms with Crippen molar-refractivity contribution >= 4 is 11.8 Å². The normalized spacial score (nSPS) is 10.0. The molecule has 0 unspecified atom stereocenters. The number of para-hydroxylation sites is 1. The summed E-state index contributed by atoms with van der Waals surface area (Å²) in [5.74, 6) is -0.511. The molecule has 120 valence electrons. The van der Waals surface area contributed by atoms with Gasteiger partial charge in [0.1, 0.15) is 11.3 Å². The Morgan fingerprint density at radius 2 is 1.70 bits per heavy atom. The smallest absolute Gasteiger partial charge is 0.339 e. The number of hydrogen-bond acceptors (Lipinski definition) is 5. The van der Waals surface area contributed by atoms with Crippen LogP contribution in [0.5, 0.6) is 17.2 Å². The second-order valence-corrected chi connectivity index (χ2v) is 4.58. The lowest BCUT2D eigenvalue weighted by atomic mass is 10.1. The molecular weight excluding hydrogens is 300 g/mol. The van der Waals surface area contributed by atoms with Gasteiger partial charge in [-0.1, -0.05) is 6.07 Å². The van der Waals surface area contributed by atoms with E-state index in [2.05, 4.69) is 0 Å². The first-order valence-corrected chi connectivity index (χ1v) is 6.77. The average molecular weight is 316 g/mol. The topological polar surface area (TPSA) is 82.1 Å². The second kappa shape index (κ2) is 7.31. The second-order valence-electron chi connectivity index (χ2n) is 4.58. The Morgan fingerprint density at radius 1 is 1.00 bits per heavy atom. The van der Waals surface area contributed by atoms with E-state index in [4.69, 9.17) is 14.2 Å². The number of benzene rings is 2. The number of carbonyl (C=O) groups is 2. The van der Waals surface area contributed by atoms with E-state index in [9.17, 15) is 14.7 Å². The molecule has 0 saturated heterocycles. The molecule has 0 radical (unpaired) electrons. The molecule has 0 bridgehead atoms. The van der Waals surface area contributed by atoms with Crippen molar-refractivity contribution in [3.63, 3.8) is 0 Å². The number of carbonyl (C=O) groups excluding carboxylic acids is 1. The fourth-order valence-corrected chi connectivity index (χ4v) is 1.99. The van der Waals surface area contributed by atoms with Crippen LogP contribution in [0.1, 0.15) is 20.7 Å². The zero-order valence-corrected chi connectivity index (χ0v) is 12.7. The molecule has 2 aromatic rings. The van der Waals surface area contributed by atoms with Crippen molar-refractivity contribution in [1.29, 1.82) is 0 Å². The molecular formula is C17H16O6. The molecule has 0 amide bonds. The molecule has 6 nitrogen and oxygen atoms in total. The number of carboxylic acid groups (broad SMARTS) is 1. The van der Waals surface area contributed by atoms with Gasteiger partial charge >= 0.3 is 5.97 Å². The van der Waals surface area contributed by atoms with Crippen LogP contribution >= 0.6 is 0 Å². The Kier molecular flexibility index (Phi) is 5.19. The van der Waals surface area contributed by atoms with Crippen molar-refractivity contribution in [3.05, 3.63) is 53.6 Å². The van der Waals surface area contributed by atoms with Crippen LogP contribution in [-0.2, 0) is 0 Å². The van der Waals surface area contributed by atoms with E-state index < -0.39 is 5.97 Å². The standard InChI is InChI=1S/C17H16O6/c1-21-12-8-6-11(7-9-12)14(18)10-23-16-13(17(19)20)4-3-5-15(16)22-2/h3-9H,10H2,1-2H3,(H,19,20). The first kappa shape index (κ1) is 16.4. The quantitative estimate of drug-likeness (QED) is 0.791. The number of aromatic carboxylic acids is 1. The molecule has 0 spiro atoms. The summed E-state index contributed by atoms with van der Waals surface area (Å²) in [5, 5.41) is 9.19. The predicted molar refractivity (Wildman–Crippen MR) is 82.8 cm³/mol. The fourth-order valence-electron chi connectivity index (χ4n) is 1.99. The van der Waals surface area contributed by atoms with Gasteiger partial charge in [0.15, 0.2) is 23.9 Å². The van der Waals surface area contributed by atoms with Gasteiger partial charge in [-0.05, 0) is 36.4 Å². The largest absolute Gasteiger partial charge is 0.497 e. The third-order valence-corrected chi connectivity index (χ3v) is 3.19. The van der Waals surface area contributed by atoms with Gasteiger partial charge in [-0.15, -0.1) is 0 Å². The minimum absolute atomic E-state index is 0.0318. The maximum atomic E-state index is 12.1. The minimum atomic E-state index is -1.16. The molecule has 0 aromatic heterocycles. The van der Waals surface area contributed by atoms with E-state index in [1.165, 1.54) is 20.3 Å². The van der Waals surface area contributed by atoms with Crippen LogP contribution in [-0.4, -0.2) is 37.7 Å². The van der Waals surface area contributed by atoms with Crippen molar-refractivity contribution in [2.45, 2.75) is 0 Å². The summed E-state index contributed by atoms with van der Waals surface area (Å²) >= 11 is 0. The molecule has 1 N–H and O–H groups in total. The van der Waals surface area contributed by atoms with Crippen LogP contribution in [0.2, 0.25) is 0 Å². The van der Waals surface area contributed by atoms with E-state index in [1.54, 1.807) is 36.4 Å². The Balaban J connectivity index is 2.16. The van der Waals surface area contributed by atoms with Crippen molar-refractivity contribution in [3.8, 4) is 17.2 Å². The Labute approximate surface area is 133 Å². The molecule has 2 aromatic carbocycles. The first-order chi connectivity index (χ1) is 11.1. The molecule has 0 aliphatic carbocycles. The van der Waals surface area contributed by atoms with E-state index in [-0.39, 0.29) is 29.5 Å². The number of hydrogen-bond donors (Lipinski definition) is 1. The van der Waals surface area contributed by atoms with Crippen LogP contribution in [0, 0.1) is 0 Å². The van der Waals surface area contributed by atoms with Gasteiger partial charge in [0.25, 0.3) is 0 Å². The third-order valence-electron chi connectivity index (χ3n) is 3.19. The molecule has 6 heteroatoms. The molecule has 23 heavy (non-hydrogen) atoms. The van der Waals surface area contributed by atoms with E-state index in [0.29, 0.717) is 11.3 Å². The summed E-state index contributed by atoms with van der Waals surface area (Å²) in [4.78, 5) is 23.4. The lowest BCUT2D eigenvalue weighted by molar-refractivity contribution is 0.0688. The monoisotopic (exact) mass is 316 g/mol. The van der Waals surface area contributed by atoms with E-state index >= 15 is 0 Å². The molecule has 2 rings (SSSR count). The summed E-state index contributed by atoms with van der Waals surface area (Å²) in [7, 11) is 2.94. The molecule has 0 aliphatic rings. The lowest BCUT2D eigenvalue weighted by Gasteiger charge is -2.12. The van der Waals surface area contributed by atoms with Gasteiger partial charge in [-0.3, -0.25) is 4.79 Å². The van der Waals surface area contributed by atoms with E-state index in [0.717, 1.165) is 0 Å². The van der Waals surface area contributed by atoms with Gasteiger partial charge in [0, 0.05) is 5.56 Å². The predicted octanol–water partition coefficient (Wildman–Crippen LogP) is 2.66. The zero-order chi connectivity index (χ0) is 16.8. The number of ether oxygens (including phenoxy) is 3. The number of methoxy groups -OCH3 is 2. The molecule has 0 fully saturated rings. The highest BCUT2D eigenvalue weighted by Gasteiger charge is 2.17. The van der Waals surface area contributed by atoms with Gasteiger partial charge in [0.05, 0.1) is 14.2 Å². The molecule has 0 aliphatic heterocycles. The average Bonchev–Trinajstić information content (AvgIpc) is 2.59. The Hall–Kier alpha value is -3.02. The summed E-state index contributed by atoms with van der Waals surface area (Å²) in [5.41, 5.74) is 0.379. The van der Waals surface area contributed by atoms with Gasteiger partial charge in [-0.2, -0.15) is 0 Å². The van der Waals surface area contributed by atoms with Crippen LogP contribution in [0.3, 0.4) is 0 Å². The lowest BCUT2D eigenvalue weighted by Crippen LogP contribution is -2.14. The van der Waals surface area contributed by atoms with Crippen molar-refractivity contribution in [2.75, 3.05) is 20.8 Å². The summed E-state index contributed by atoms with van der Waals surface area (Å²) < 4.78 is 15.5. The van der Waals surface area contributed by atoms with Gasteiger partial charge < -0.3 is 19.3 Å². The fraction of sp³-hybridized carbons (Fsp3) is 0.176. The van der Waals surface area contributed by atoms with Crippen LogP contribution in [0.25, 0.3) is 0 Å². The van der Waals surface area contributed by atoms with Crippen LogP contribution in [0.4, 0.5) is 0 Å². The molecule has 0 saturated carbocycles. The highest BCUT2D eigenvalue weighted by molar-refractivity contribution is 5.98. The number of rotatable bonds is 7. The molecule has 0 atom stereocenters. The highest BCUT2D eigenvalue weighted by atomic mass is 16.5. The summed E-state index contributed by atoms with van der Waals surface area (Å²) in [6, 6.07) is 11.1. The Bertz CT molecular complexity index is 706. The van der Waals surface area contributed by atoms with Gasteiger partial charge in [-0.25, -0.2) is 4.79 Å². The number of carboxylic acids is 1.